The Morgan fingerprint density at radius 2 is 2.00 bits per heavy atom. The van der Waals surface area contributed by atoms with Gasteiger partial charge in [-0.25, -0.2) is 0 Å². The molecule has 0 radical (unpaired) electrons. The number of rotatable bonds is 4. The Morgan fingerprint density at radius 3 is 2.38 bits per heavy atom. The van der Waals surface area contributed by atoms with Gasteiger partial charge in [-0.05, 0) is 5.92 Å². The Morgan fingerprint density at radius 1 is 1.38 bits per heavy atom. The molecule has 1 saturated carbocycles. The quantitative estimate of drug-likeness (QED) is 0.693. The molecule has 0 saturated heterocycles. The second-order valence-corrected chi connectivity index (χ2v) is 6.74. The third kappa shape index (κ3) is 4.70. The normalized spacial score (nSPS) is 18.4. The summed E-state index contributed by atoms with van der Waals surface area (Å²) < 4.78 is 0.231. The van der Waals surface area contributed by atoms with Crippen LogP contribution < -0.4 is 0 Å². The van der Waals surface area contributed by atoms with Crippen LogP contribution in [0, 0.1) is 5.92 Å². The summed E-state index contributed by atoms with van der Waals surface area (Å²) in [6.07, 6.45) is 4.74. The Balaban J connectivity index is 2.10. The van der Waals surface area contributed by atoms with E-state index in [0.29, 0.717) is 11.5 Å². The smallest absolute Gasteiger partial charge is 0.143 e. The second kappa shape index (κ2) is 4.50. The molecule has 1 aliphatic rings. The van der Waals surface area contributed by atoms with Gasteiger partial charge in [0.2, 0.25) is 0 Å². The number of ketones is 1. The van der Waals surface area contributed by atoms with Gasteiger partial charge in [-0.3, -0.25) is 4.79 Å². The maximum atomic E-state index is 11.5. The van der Waals surface area contributed by atoms with E-state index in [1.54, 1.807) is 11.8 Å². The molecule has 1 nitrogen and oxygen atoms in total. The molecule has 13 heavy (non-hydrogen) atoms. The van der Waals surface area contributed by atoms with Crippen LogP contribution in [0.4, 0.5) is 0 Å². The van der Waals surface area contributed by atoms with Crippen molar-refractivity contribution in [2.24, 2.45) is 5.92 Å². The highest BCUT2D eigenvalue weighted by Crippen LogP contribution is 2.31. The monoisotopic (exact) mass is 200 g/mol. The van der Waals surface area contributed by atoms with E-state index < -0.39 is 0 Å². The molecule has 0 spiro atoms. The number of carbonyl (C=O) groups excluding carboxylic acids is 1. The van der Waals surface area contributed by atoms with Crippen LogP contribution in [0.2, 0.25) is 0 Å². The fourth-order valence-corrected chi connectivity index (χ4v) is 2.09. The minimum atomic E-state index is 0.231. The molecule has 1 aliphatic carbocycles. The highest BCUT2D eigenvalue weighted by molar-refractivity contribution is 8.01. The lowest BCUT2D eigenvalue weighted by Gasteiger charge is -2.25. The van der Waals surface area contributed by atoms with Crippen molar-refractivity contribution in [1.29, 1.82) is 0 Å². The van der Waals surface area contributed by atoms with Gasteiger partial charge in [0.05, 0.1) is 5.75 Å². The average molecular weight is 200 g/mol. The van der Waals surface area contributed by atoms with Crippen LogP contribution in [-0.2, 0) is 4.79 Å². The Bertz CT molecular complexity index is 177. The van der Waals surface area contributed by atoms with Crippen LogP contribution in [-0.4, -0.2) is 16.3 Å². The van der Waals surface area contributed by atoms with Gasteiger partial charge in [0.1, 0.15) is 5.78 Å². The molecule has 0 aromatic rings. The fourth-order valence-electron chi connectivity index (χ4n) is 1.37. The molecule has 0 bridgehead atoms. The molecular weight excluding hydrogens is 180 g/mol. The van der Waals surface area contributed by atoms with Crippen molar-refractivity contribution in [3.05, 3.63) is 0 Å². The highest BCUT2D eigenvalue weighted by Gasteiger charge is 2.21. The van der Waals surface area contributed by atoms with Crippen molar-refractivity contribution >= 4 is 17.5 Å². The zero-order chi connectivity index (χ0) is 9.90. The number of Topliss-reactive ketones (excluding diaryl/α,β-unsaturated/α-hetero) is 1. The van der Waals surface area contributed by atoms with Crippen LogP contribution in [0.1, 0.15) is 46.5 Å². The number of carbonyl (C=O) groups is 1. The Kier molecular flexibility index (Phi) is 3.84. The van der Waals surface area contributed by atoms with Crippen molar-refractivity contribution < 1.29 is 4.79 Å². The molecule has 1 fully saturated rings. The molecule has 1 rings (SSSR count). The molecule has 0 aromatic heterocycles. The number of thioether (sulfide) groups is 1. The van der Waals surface area contributed by atoms with Gasteiger partial charge in [-0.15, -0.1) is 11.8 Å². The van der Waals surface area contributed by atoms with E-state index in [1.807, 2.05) is 0 Å². The molecule has 2 heteroatoms. The summed E-state index contributed by atoms with van der Waals surface area (Å²) in [5, 5.41) is 0. The third-order valence-corrected chi connectivity index (χ3v) is 3.74. The van der Waals surface area contributed by atoms with Gasteiger partial charge in [0, 0.05) is 11.2 Å². The molecule has 0 N–H and O–H groups in total. The molecule has 0 amide bonds. The third-order valence-electron chi connectivity index (χ3n) is 2.41. The molecule has 0 aromatic carbocycles. The van der Waals surface area contributed by atoms with E-state index in [4.69, 9.17) is 0 Å². The molecular formula is C11H20OS. The standard InChI is InChI=1S/C11H20OS/c1-11(2,3)13-8-10(12)7-9-5-4-6-9/h9H,4-8H2,1-3H3. The van der Waals surface area contributed by atoms with Gasteiger partial charge in [0.25, 0.3) is 0 Å². The predicted molar refractivity (Wildman–Crippen MR) is 59.2 cm³/mol. The van der Waals surface area contributed by atoms with E-state index >= 15 is 0 Å². The first-order valence-corrected chi connectivity index (χ1v) is 6.11. The number of hydrogen-bond donors (Lipinski definition) is 0. The van der Waals surface area contributed by atoms with Crippen LogP contribution in [0.15, 0.2) is 0 Å². The molecule has 0 heterocycles. The molecule has 0 atom stereocenters. The van der Waals surface area contributed by atoms with Crippen molar-refractivity contribution in [1.82, 2.24) is 0 Å². The molecule has 0 aliphatic heterocycles. The zero-order valence-electron chi connectivity index (χ0n) is 8.93. The van der Waals surface area contributed by atoms with Crippen LogP contribution in [0.3, 0.4) is 0 Å². The summed E-state index contributed by atoms with van der Waals surface area (Å²) in [6.45, 7) is 6.48. The van der Waals surface area contributed by atoms with Crippen molar-refractivity contribution in [3.63, 3.8) is 0 Å². The van der Waals surface area contributed by atoms with Crippen molar-refractivity contribution in [2.45, 2.75) is 51.2 Å². The Hall–Kier alpha value is 0.0200. The highest BCUT2D eigenvalue weighted by atomic mass is 32.2. The minimum Gasteiger partial charge on any atom is -0.299 e. The summed E-state index contributed by atoms with van der Waals surface area (Å²) in [7, 11) is 0. The van der Waals surface area contributed by atoms with E-state index in [-0.39, 0.29) is 4.75 Å². The lowest BCUT2D eigenvalue weighted by Crippen LogP contribution is -2.19. The first-order valence-electron chi connectivity index (χ1n) is 5.13. The summed E-state index contributed by atoms with van der Waals surface area (Å²) in [5.74, 6) is 1.89. The first kappa shape index (κ1) is 11.1. The van der Waals surface area contributed by atoms with Crippen LogP contribution in [0.5, 0.6) is 0 Å². The SMILES string of the molecule is CC(C)(C)SCC(=O)CC1CCC1. The van der Waals surface area contributed by atoms with Gasteiger partial charge in [-0.1, -0.05) is 40.0 Å². The summed E-state index contributed by atoms with van der Waals surface area (Å²) >= 11 is 1.77. The van der Waals surface area contributed by atoms with Gasteiger partial charge >= 0.3 is 0 Å². The maximum Gasteiger partial charge on any atom is 0.143 e. The summed E-state index contributed by atoms with van der Waals surface area (Å²) in [6, 6.07) is 0. The Labute approximate surface area is 85.7 Å². The van der Waals surface area contributed by atoms with Crippen molar-refractivity contribution in [2.75, 3.05) is 5.75 Å². The zero-order valence-corrected chi connectivity index (χ0v) is 9.75. The van der Waals surface area contributed by atoms with Crippen molar-refractivity contribution in [3.8, 4) is 0 Å². The first-order chi connectivity index (χ1) is 5.97. The topological polar surface area (TPSA) is 17.1 Å². The van der Waals surface area contributed by atoms with E-state index in [0.717, 1.165) is 12.3 Å². The average Bonchev–Trinajstić information content (AvgIpc) is 1.91. The molecule has 0 unspecified atom stereocenters. The molecule has 76 valence electrons. The van der Waals surface area contributed by atoms with E-state index in [9.17, 15) is 4.79 Å². The summed E-state index contributed by atoms with van der Waals surface area (Å²) in [5.41, 5.74) is 0. The van der Waals surface area contributed by atoms with Crippen LogP contribution in [0.25, 0.3) is 0 Å². The lowest BCUT2D eigenvalue weighted by molar-refractivity contribution is -0.118. The lowest BCUT2D eigenvalue weighted by atomic mass is 9.82. The maximum absolute atomic E-state index is 11.5. The second-order valence-electron chi connectivity index (χ2n) is 4.94. The van der Waals surface area contributed by atoms with E-state index in [2.05, 4.69) is 20.8 Å². The largest absolute Gasteiger partial charge is 0.299 e. The number of hydrogen-bond acceptors (Lipinski definition) is 2. The predicted octanol–water partition coefficient (Wildman–Crippen LogP) is 3.28. The van der Waals surface area contributed by atoms with Gasteiger partial charge in [0.15, 0.2) is 0 Å². The van der Waals surface area contributed by atoms with E-state index in [1.165, 1.54) is 19.3 Å². The fraction of sp³-hybridized carbons (Fsp3) is 0.909. The van der Waals surface area contributed by atoms with Crippen LogP contribution >= 0.6 is 11.8 Å². The van der Waals surface area contributed by atoms with Gasteiger partial charge < -0.3 is 0 Å². The summed E-state index contributed by atoms with van der Waals surface area (Å²) in [4.78, 5) is 11.5. The van der Waals surface area contributed by atoms with Gasteiger partial charge in [-0.2, -0.15) is 0 Å². The minimum absolute atomic E-state index is 0.231.